The molecule has 9 nitrogen and oxygen atoms in total. The molecule has 1 N–H and O–H groups in total. The van der Waals surface area contributed by atoms with Gasteiger partial charge in [0.1, 0.15) is 0 Å². The number of carbonyl (C=O) groups excluding carboxylic acids is 3. The number of rotatable bonds is 6. The molecule has 2 amide bonds. The Kier molecular flexibility index (Phi) is 6.28. The van der Waals surface area contributed by atoms with Crippen molar-refractivity contribution in [1.29, 1.82) is 0 Å². The Morgan fingerprint density at radius 3 is 2.72 bits per heavy atom. The molecule has 2 aliphatic rings. The maximum Gasteiger partial charge on any atom is 0.339 e. The second-order valence-corrected chi connectivity index (χ2v) is 8.75. The van der Waals surface area contributed by atoms with E-state index in [9.17, 15) is 14.4 Å². The number of likely N-dealkylation sites (N-methyl/N-ethyl adjacent to an activating group) is 1. The van der Waals surface area contributed by atoms with E-state index in [-0.39, 0.29) is 19.2 Å². The first-order chi connectivity index (χ1) is 17.4. The monoisotopic (exact) mass is 487 g/mol. The van der Waals surface area contributed by atoms with Gasteiger partial charge in [0.25, 0.3) is 5.91 Å². The average Bonchev–Trinajstić information content (AvgIpc) is 3.51. The van der Waals surface area contributed by atoms with Gasteiger partial charge in [-0.2, -0.15) is 0 Å². The Balaban J connectivity index is 1.41. The molecular formula is C27H25N3O6. The number of esters is 1. The van der Waals surface area contributed by atoms with E-state index in [2.05, 4.69) is 5.32 Å². The van der Waals surface area contributed by atoms with E-state index < -0.39 is 18.5 Å². The van der Waals surface area contributed by atoms with Crippen LogP contribution in [-0.4, -0.2) is 61.7 Å². The predicted molar refractivity (Wildman–Crippen MR) is 132 cm³/mol. The van der Waals surface area contributed by atoms with Crippen molar-refractivity contribution in [3.8, 4) is 11.5 Å². The number of para-hydroxylation sites is 1. The summed E-state index contributed by atoms with van der Waals surface area (Å²) in [6, 6.07) is 13.1. The maximum atomic E-state index is 13.2. The minimum Gasteiger partial charge on any atom is -0.454 e. The molecule has 2 aromatic carbocycles. The molecule has 0 unspecified atom stereocenters. The summed E-state index contributed by atoms with van der Waals surface area (Å²) in [6.07, 6.45) is 3.37. The summed E-state index contributed by atoms with van der Waals surface area (Å²) in [7, 11) is 3.19. The Hall–Kier alpha value is -4.40. The van der Waals surface area contributed by atoms with Crippen molar-refractivity contribution in [3.63, 3.8) is 0 Å². The largest absolute Gasteiger partial charge is 0.454 e. The number of ether oxygens (including phenoxy) is 3. The summed E-state index contributed by atoms with van der Waals surface area (Å²) in [5.41, 5.74) is 4.59. The maximum absolute atomic E-state index is 13.2. The molecule has 0 spiro atoms. The van der Waals surface area contributed by atoms with Gasteiger partial charge >= 0.3 is 5.97 Å². The minimum absolute atomic E-state index is 0.162. The predicted octanol–water partition coefficient (Wildman–Crippen LogP) is 2.81. The smallest absolute Gasteiger partial charge is 0.339 e. The fourth-order valence-electron chi connectivity index (χ4n) is 4.30. The third-order valence-electron chi connectivity index (χ3n) is 6.15. The lowest BCUT2D eigenvalue weighted by atomic mass is 10.0. The lowest BCUT2D eigenvalue weighted by Gasteiger charge is -2.13. The quantitative estimate of drug-likeness (QED) is 0.533. The zero-order valence-electron chi connectivity index (χ0n) is 20.0. The van der Waals surface area contributed by atoms with Gasteiger partial charge in [-0.3, -0.25) is 9.59 Å². The lowest BCUT2D eigenvalue weighted by molar-refractivity contribution is -0.131. The SMILES string of the molecule is CN(C)C(=O)CNC(=O)COC(=O)c1c2c(nc3ccccc13)/C(=C/c1ccc3c(c1)OCO3)CC2. The Labute approximate surface area is 207 Å². The average molecular weight is 488 g/mol. The molecule has 0 saturated heterocycles. The Bertz CT molecular complexity index is 1410. The lowest BCUT2D eigenvalue weighted by Crippen LogP contribution is -2.38. The third-order valence-corrected chi connectivity index (χ3v) is 6.15. The summed E-state index contributed by atoms with van der Waals surface area (Å²) in [5.74, 6) is 0.0201. The van der Waals surface area contributed by atoms with Gasteiger partial charge in [0.2, 0.25) is 12.7 Å². The van der Waals surface area contributed by atoms with Gasteiger partial charge in [-0.15, -0.1) is 0 Å². The molecule has 36 heavy (non-hydrogen) atoms. The van der Waals surface area contributed by atoms with Crippen LogP contribution in [-0.2, 0) is 20.7 Å². The van der Waals surface area contributed by atoms with E-state index in [0.717, 1.165) is 22.4 Å². The van der Waals surface area contributed by atoms with Gasteiger partial charge in [-0.25, -0.2) is 9.78 Å². The molecule has 9 heteroatoms. The molecule has 2 heterocycles. The number of pyridine rings is 1. The van der Waals surface area contributed by atoms with Gasteiger partial charge in [-0.1, -0.05) is 24.3 Å². The van der Waals surface area contributed by atoms with Gasteiger partial charge in [0, 0.05) is 19.5 Å². The van der Waals surface area contributed by atoms with Gasteiger partial charge in [0.15, 0.2) is 18.1 Å². The highest BCUT2D eigenvalue weighted by Crippen LogP contribution is 2.39. The summed E-state index contributed by atoms with van der Waals surface area (Å²) >= 11 is 0. The topological polar surface area (TPSA) is 107 Å². The van der Waals surface area contributed by atoms with Crippen LogP contribution >= 0.6 is 0 Å². The van der Waals surface area contributed by atoms with Crippen molar-refractivity contribution >= 4 is 40.3 Å². The van der Waals surface area contributed by atoms with E-state index in [4.69, 9.17) is 19.2 Å². The highest BCUT2D eigenvalue weighted by Gasteiger charge is 2.28. The second-order valence-electron chi connectivity index (χ2n) is 8.75. The highest BCUT2D eigenvalue weighted by molar-refractivity contribution is 6.07. The summed E-state index contributed by atoms with van der Waals surface area (Å²) in [6.45, 7) is -0.434. The van der Waals surface area contributed by atoms with Crippen molar-refractivity contribution in [3.05, 3.63) is 64.8 Å². The fourth-order valence-corrected chi connectivity index (χ4v) is 4.30. The molecular weight excluding hydrogens is 462 g/mol. The molecule has 0 radical (unpaired) electrons. The number of hydrogen-bond donors (Lipinski definition) is 1. The molecule has 0 fully saturated rings. The van der Waals surface area contributed by atoms with E-state index in [1.165, 1.54) is 4.90 Å². The number of benzene rings is 2. The molecule has 1 aromatic heterocycles. The first-order valence-corrected chi connectivity index (χ1v) is 11.6. The fraction of sp³-hybridized carbons (Fsp3) is 0.259. The molecule has 0 atom stereocenters. The molecule has 184 valence electrons. The normalized spacial score (nSPS) is 14.6. The molecule has 5 rings (SSSR count). The van der Waals surface area contributed by atoms with Gasteiger partial charge in [-0.05, 0) is 53.8 Å². The number of nitrogens with zero attached hydrogens (tertiary/aromatic N) is 2. The highest BCUT2D eigenvalue weighted by atomic mass is 16.7. The van der Waals surface area contributed by atoms with Crippen molar-refractivity contribution in [2.45, 2.75) is 12.8 Å². The zero-order valence-corrected chi connectivity index (χ0v) is 20.0. The first kappa shape index (κ1) is 23.3. The number of aromatic nitrogens is 1. The number of nitrogens with one attached hydrogen (secondary N) is 1. The zero-order chi connectivity index (χ0) is 25.2. The van der Waals surface area contributed by atoms with Crippen LogP contribution in [0.15, 0.2) is 42.5 Å². The van der Waals surface area contributed by atoms with Crippen LogP contribution in [0.25, 0.3) is 22.6 Å². The van der Waals surface area contributed by atoms with Gasteiger partial charge in [0.05, 0.1) is 23.3 Å². The van der Waals surface area contributed by atoms with Crippen LogP contribution in [0.2, 0.25) is 0 Å². The van der Waals surface area contributed by atoms with Crippen molar-refractivity contribution in [1.82, 2.24) is 15.2 Å². The van der Waals surface area contributed by atoms with Crippen LogP contribution in [0.5, 0.6) is 11.5 Å². The number of amides is 2. The van der Waals surface area contributed by atoms with Crippen LogP contribution in [0.3, 0.4) is 0 Å². The summed E-state index contributed by atoms with van der Waals surface area (Å²) in [5, 5.41) is 3.14. The van der Waals surface area contributed by atoms with E-state index in [0.29, 0.717) is 40.8 Å². The number of carbonyl (C=O) groups is 3. The van der Waals surface area contributed by atoms with Crippen molar-refractivity contribution in [2.75, 3.05) is 34.0 Å². The summed E-state index contributed by atoms with van der Waals surface area (Å²) in [4.78, 5) is 43.2. The van der Waals surface area contributed by atoms with E-state index in [1.54, 1.807) is 14.1 Å². The number of hydrogen-bond acceptors (Lipinski definition) is 7. The van der Waals surface area contributed by atoms with Crippen LogP contribution in [0.4, 0.5) is 0 Å². The van der Waals surface area contributed by atoms with E-state index >= 15 is 0 Å². The second kappa shape index (κ2) is 9.69. The van der Waals surface area contributed by atoms with Crippen molar-refractivity contribution in [2.24, 2.45) is 0 Å². The standard InChI is InChI=1S/C27H25N3O6/c1-30(2)24(32)13-28-23(31)14-34-27(33)25-18-5-3-4-6-20(18)29-26-17(8-9-19(25)26)11-16-7-10-21-22(12-16)36-15-35-21/h3-7,10-12H,8-9,13-15H2,1-2H3,(H,28,31)/b17-11+. The Morgan fingerprint density at radius 1 is 1.08 bits per heavy atom. The molecule has 1 aliphatic heterocycles. The molecule has 0 saturated carbocycles. The van der Waals surface area contributed by atoms with Crippen molar-refractivity contribution < 1.29 is 28.6 Å². The summed E-state index contributed by atoms with van der Waals surface area (Å²) < 4.78 is 16.2. The van der Waals surface area contributed by atoms with Crippen LogP contribution < -0.4 is 14.8 Å². The number of allylic oxidation sites excluding steroid dienone is 1. The molecule has 0 bridgehead atoms. The Morgan fingerprint density at radius 2 is 1.89 bits per heavy atom. The number of fused-ring (bicyclic) bond motifs is 3. The first-order valence-electron chi connectivity index (χ1n) is 11.6. The van der Waals surface area contributed by atoms with Gasteiger partial charge < -0.3 is 24.4 Å². The third kappa shape index (κ3) is 4.59. The molecule has 1 aliphatic carbocycles. The van der Waals surface area contributed by atoms with Crippen LogP contribution in [0, 0.1) is 0 Å². The minimum atomic E-state index is -0.594. The van der Waals surface area contributed by atoms with E-state index in [1.807, 2.05) is 48.5 Å². The molecule has 3 aromatic rings. The van der Waals surface area contributed by atoms with Crippen LogP contribution in [0.1, 0.15) is 33.6 Å².